The standard InChI is InChI=1S/C12H19N3O/c1-15(8-7-11(13)12(14)16)9-10-5-3-2-4-6-10/h2-6,11H,7-9,13H2,1H3,(H2,14,16). The van der Waals surface area contributed by atoms with Gasteiger partial charge in [-0.1, -0.05) is 30.3 Å². The average Bonchev–Trinajstić information content (AvgIpc) is 2.27. The van der Waals surface area contributed by atoms with Crippen molar-refractivity contribution in [2.75, 3.05) is 13.6 Å². The fraction of sp³-hybridized carbons (Fsp3) is 0.417. The molecule has 0 saturated carbocycles. The lowest BCUT2D eigenvalue weighted by Gasteiger charge is -2.18. The number of hydrogen-bond acceptors (Lipinski definition) is 3. The Labute approximate surface area is 96.2 Å². The van der Waals surface area contributed by atoms with E-state index in [0.717, 1.165) is 13.1 Å². The topological polar surface area (TPSA) is 72.3 Å². The SMILES string of the molecule is CN(CCC(N)C(N)=O)Cc1ccccc1. The predicted octanol–water partition coefficient (Wildman–Crippen LogP) is 0.321. The summed E-state index contributed by atoms with van der Waals surface area (Å²) in [4.78, 5) is 12.9. The second kappa shape index (κ2) is 6.25. The van der Waals surface area contributed by atoms with Gasteiger partial charge in [-0.15, -0.1) is 0 Å². The van der Waals surface area contributed by atoms with E-state index in [9.17, 15) is 4.79 Å². The molecule has 4 heteroatoms. The van der Waals surface area contributed by atoms with E-state index in [4.69, 9.17) is 11.5 Å². The first kappa shape index (κ1) is 12.7. The molecule has 4 nitrogen and oxygen atoms in total. The van der Waals surface area contributed by atoms with E-state index in [0.29, 0.717) is 6.42 Å². The number of amides is 1. The van der Waals surface area contributed by atoms with Crippen molar-refractivity contribution in [2.24, 2.45) is 11.5 Å². The zero-order valence-corrected chi connectivity index (χ0v) is 9.60. The van der Waals surface area contributed by atoms with Crippen molar-refractivity contribution in [1.82, 2.24) is 4.90 Å². The molecule has 1 aromatic carbocycles. The summed E-state index contributed by atoms with van der Waals surface area (Å²) < 4.78 is 0. The number of carbonyl (C=O) groups excluding carboxylic acids is 1. The van der Waals surface area contributed by atoms with Crippen LogP contribution in [0.5, 0.6) is 0 Å². The normalized spacial score (nSPS) is 12.7. The Hall–Kier alpha value is -1.39. The molecular formula is C12H19N3O. The van der Waals surface area contributed by atoms with Crippen LogP contribution in [0.2, 0.25) is 0 Å². The van der Waals surface area contributed by atoms with Crippen LogP contribution in [0.15, 0.2) is 30.3 Å². The Bertz CT molecular complexity index is 326. The third kappa shape index (κ3) is 4.42. The van der Waals surface area contributed by atoms with Crippen molar-refractivity contribution >= 4 is 5.91 Å². The average molecular weight is 221 g/mol. The van der Waals surface area contributed by atoms with Gasteiger partial charge in [0.1, 0.15) is 0 Å². The number of carbonyl (C=O) groups is 1. The number of rotatable bonds is 6. The van der Waals surface area contributed by atoms with Gasteiger partial charge in [-0.05, 0) is 19.0 Å². The number of hydrogen-bond donors (Lipinski definition) is 2. The molecule has 0 aliphatic heterocycles. The molecular weight excluding hydrogens is 202 g/mol. The first-order valence-corrected chi connectivity index (χ1v) is 5.37. The van der Waals surface area contributed by atoms with E-state index in [1.807, 2.05) is 25.2 Å². The summed E-state index contributed by atoms with van der Waals surface area (Å²) in [5.41, 5.74) is 11.9. The van der Waals surface area contributed by atoms with Crippen LogP contribution in [0, 0.1) is 0 Å². The third-order valence-corrected chi connectivity index (χ3v) is 2.48. The van der Waals surface area contributed by atoms with Gasteiger partial charge in [-0.3, -0.25) is 4.79 Å². The molecule has 1 aromatic rings. The Kier molecular flexibility index (Phi) is 4.95. The summed E-state index contributed by atoms with van der Waals surface area (Å²) in [5, 5.41) is 0. The first-order chi connectivity index (χ1) is 7.59. The molecule has 1 atom stereocenters. The minimum atomic E-state index is -0.543. The maximum absolute atomic E-state index is 10.7. The van der Waals surface area contributed by atoms with E-state index < -0.39 is 11.9 Å². The zero-order chi connectivity index (χ0) is 12.0. The lowest BCUT2D eigenvalue weighted by molar-refractivity contribution is -0.119. The first-order valence-electron chi connectivity index (χ1n) is 5.37. The highest BCUT2D eigenvalue weighted by atomic mass is 16.1. The Morgan fingerprint density at radius 3 is 2.56 bits per heavy atom. The predicted molar refractivity (Wildman–Crippen MR) is 64.6 cm³/mol. The van der Waals surface area contributed by atoms with Crippen molar-refractivity contribution in [2.45, 2.75) is 19.0 Å². The molecule has 0 saturated heterocycles. The Morgan fingerprint density at radius 1 is 1.38 bits per heavy atom. The van der Waals surface area contributed by atoms with Crippen molar-refractivity contribution < 1.29 is 4.79 Å². The number of primary amides is 1. The van der Waals surface area contributed by atoms with Crippen molar-refractivity contribution in [1.29, 1.82) is 0 Å². The fourth-order valence-corrected chi connectivity index (χ4v) is 1.48. The number of nitrogens with zero attached hydrogens (tertiary/aromatic N) is 1. The minimum absolute atomic E-state index is 0.437. The summed E-state index contributed by atoms with van der Waals surface area (Å²) in [6, 6.07) is 9.62. The maximum atomic E-state index is 10.7. The zero-order valence-electron chi connectivity index (χ0n) is 9.60. The number of benzene rings is 1. The molecule has 1 amide bonds. The summed E-state index contributed by atoms with van der Waals surface area (Å²) in [7, 11) is 2.00. The van der Waals surface area contributed by atoms with Crippen LogP contribution < -0.4 is 11.5 Å². The van der Waals surface area contributed by atoms with Crippen LogP contribution >= 0.6 is 0 Å². The molecule has 1 rings (SSSR count). The van der Waals surface area contributed by atoms with Crippen LogP contribution in [0.25, 0.3) is 0 Å². The molecule has 1 unspecified atom stereocenters. The molecule has 0 aliphatic carbocycles. The molecule has 0 bridgehead atoms. The molecule has 0 spiro atoms. The molecule has 88 valence electrons. The smallest absolute Gasteiger partial charge is 0.234 e. The van der Waals surface area contributed by atoms with Gasteiger partial charge in [-0.25, -0.2) is 0 Å². The summed E-state index contributed by atoms with van der Waals surface area (Å²) >= 11 is 0. The minimum Gasteiger partial charge on any atom is -0.368 e. The monoisotopic (exact) mass is 221 g/mol. The summed E-state index contributed by atoms with van der Waals surface area (Å²) in [5.74, 6) is -0.437. The van der Waals surface area contributed by atoms with E-state index in [1.54, 1.807) is 0 Å². The Balaban J connectivity index is 2.31. The second-order valence-electron chi connectivity index (χ2n) is 4.02. The van der Waals surface area contributed by atoms with E-state index in [2.05, 4.69) is 17.0 Å². The molecule has 0 fully saturated rings. The van der Waals surface area contributed by atoms with Crippen LogP contribution in [0.3, 0.4) is 0 Å². The van der Waals surface area contributed by atoms with Crippen LogP contribution in [0.1, 0.15) is 12.0 Å². The fourth-order valence-electron chi connectivity index (χ4n) is 1.48. The molecule has 16 heavy (non-hydrogen) atoms. The highest BCUT2D eigenvalue weighted by Gasteiger charge is 2.10. The second-order valence-corrected chi connectivity index (χ2v) is 4.02. The molecule has 4 N–H and O–H groups in total. The highest BCUT2D eigenvalue weighted by molar-refractivity contribution is 5.79. The summed E-state index contributed by atoms with van der Waals surface area (Å²) in [6.45, 7) is 1.62. The van der Waals surface area contributed by atoms with Crippen LogP contribution in [0.4, 0.5) is 0 Å². The highest BCUT2D eigenvalue weighted by Crippen LogP contribution is 2.03. The van der Waals surface area contributed by atoms with Gasteiger partial charge in [-0.2, -0.15) is 0 Å². The number of nitrogens with two attached hydrogens (primary N) is 2. The summed E-state index contributed by atoms with van der Waals surface area (Å²) in [6.07, 6.45) is 0.596. The maximum Gasteiger partial charge on any atom is 0.234 e. The van der Waals surface area contributed by atoms with E-state index in [1.165, 1.54) is 5.56 Å². The van der Waals surface area contributed by atoms with Gasteiger partial charge in [0.15, 0.2) is 0 Å². The Morgan fingerprint density at radius 2 is 2.00 bits per heavy atom. The van der Waals surface area contributed by atoms with Crippen molar-refractivity contribution in [3.63, 3.8) is 0 Å². The van der Waals surface area contributed by atoms with Crippen LogP contribution in [-0.2, 0) is 11.3 Å². The largest absolute Gasteiger partial charge is 0.368 e. The molecule has 0 aromatic heterocycles. The third-order valence-electron chi connectivity index (χ3n) is 2.48. The van der Waals surface area contributed by atoms with Gasteiger partial charge in [0, 0.05) is 13.1 Å². The molecule has 0 heterocycles. The van der Waals surface area contributed by atoms with Gasteiger partial charge in [0.25, 0.3) is 0 Å². The van der Waals surface area contributed by atoms with Gasteiger partial charge < -0.3 is 16.4 Å². The van der Waals surface area contributed by atoms with Gasteiger partial charge >= 0.3 is 0 Å². The van der Waals surface area contributed by atoms with Crippen LogP contribution in [-0.4, -0.2) is 30.4 Å². The van der Waals surface area contributed by atoms with Crippen molar-refractivity contribution in [3.8, 4) is 0 Å². The lowest BCUT2D eigenvalue weighted by Crippen LogP contribution is -2.38. The molecule has 0 radical (unpaired) electrons. The molecule has 0 aliphatic rings. The van der Waals surface area contributed by atoms with Gasteiger partial charge in [0.2, 0.25) is 5.91 Å². The van der Waals surface area contributed by atoms with Gasteiger partial charge in [0.05, 0.1) is 6.04 Å². The van der Waals surface area contributed by atoms with Crippen molar-refractivity contribution in [3.05, 3.63) is 35.9 Å². The quantitative estimate of drug-likeness (QED) is 0.726. The van der Waals surface area contributed by atoms with E-state index >= 15 is 0 Å². The lowest BCUT2D eigenvalue weighted by atomic mass is 10.2. The van der Waals surface area contributed by atoms with E-state index in [-0.39, 0.29) is 0 Å².